The molecule has 0 amide bonds. The van der Waals surface area contributed by atoms with E-state index < -0.39 is 11.7 Å². The summed E-state index contributed by atoms with van der Waals surface area (Å²) in [7, 11) is 0. The molecule has 5 heteroatoms. The molecule has 0 saturated carbocycles. The Morgan fingerprint density at radius 1 is 1.64 bits per heavy atom. The van der Waals surface area contributed by atoms with Gasteiger partial charge in [-0.05, 0) is 0 Å². The third-order valence-corrected chi connectivity index (χ3v) is 1.09. The standard InChI is InChI=1S/C6H6N2O3/c7-3-1-4(9)5(6(10)11)8-2-3/h1-2,9H,7H2,(H,10,11). The van der Waals surface area contributed by atoms with Crippen LogP contribution in [0.5, 0.6) is 5.75 Å². The van der Waals surface area contributed by atoms with Crippen LogP contribution in [0.3, 0.4) is 0 Å². The molecule has 0 aliphatic carbocycles. The Kier molecular flexibility index (Phi) is 1.63. The third-order valence-electron chi connectivity index (χ3n) is 1.09. The lowest BCUT2D eigenvalue weighted by atomic mass is 10.3. The highest BCUT2D eigenvalue weighted by atomic mass is 16.4. The van der Waals surface area contributed by atoms with Gasteiger partial charge in [0.05, 0.1) is 11.9 Å². The minimum Gasteiger partial charge on any atom is -0.505 e. The van der Waals surface area contributed by atoms with Crippen LogP contribution in [0.15, 0.2) is 12.3 Å². The largest absolute Gasteiger partial charge is 0.505 e. The zero-order valence-electron chi connectivity index (χ0n) is 5.48. The Bertz CT molecular complexity index is 298. The molecule has 0 aliphatic heterocycles. The number of carboxylic acid groups (broad SMARTS) is 1. The van der Waals surface area contributed by atoms with Gasteiger partial charge in [0, 0.05) is 6.07 Å². The third kappa shape index (κ3) is 1.37. The predicted molar refractivity (Wildman–Crippen MR) is 37.3 cm³/mol. The van der Waals surface area contributed by atoms with Crippen molar-refractivity contribution in [3.05, 3.63) is 18.0 Å². The summed E-state index contributed by atoms with van der Waals surface area (Å²) in [5, 5.41) is 17.3. The smallest absolute Gasteiger partial charge is 0.358 e. The lowest BCUT2D eigenvalue weighted by molar-refractivity contribution is 0.0687. The quantitative estimate of drug-likeness (QED) is 0.531. The van der Waals surface area contributed by atoms with Crippen LogP contribution in [0.4, 0.5) is 5.69 Å². The van der Waals surface area contributed by atoms with E-state index in [0.29, 0.717) is 0 Å². The first kappa shape index (κ1) is 7.33. The molecule has 1 aromatic heterocycles. The van der Waals surface area contributed by atoms with Crippen molar-refractivity contribution < 1.29 is 15.0 Å². The molecule has 58 valence electrons. The van der Waals surface area contributed by atoms with E-state index in [-0.39, 0.29) is 11.4 Å². The number of nitrogen functional groups attached to an aromatic ring is 1. The number of nitrogens with zero attached hydrogens (tertiary/aromatic N) is 1. The summed E-state index contributed by atoms with van der Waals surface area (Å²) in [6.45, 7) is 0. The number of rotatable bonds is 1. The van der Waals surface area contributed by atoms with Gasteiger partial charge in [-0.15, -0.1) is 0 Å². The van der Waals surface area contributed by atoms with Crippen LogP contribution in [-0.4, -0.2) is 21.2 Å². The van der Waals surface area contributed by atoms with Crippen LogP contribution in [0.25, 0.3) is 0 Å². The minimum absolute atomic E-state index is 0.229. The highest BCUT2D eigenvalue weighted by Crippen LogP contribution is 2.16. The average Bonchev–Trinajstić information content (AvgIpc) is 1.85. The second kappa shape index (κ2) is 2.45. The number of nitrogens with two attached hydrogens (primary N) is 1. The van der Waals surface area contributed by atoms with Gasteiger partial charge in [-0.3, -0.25) is 0 Å². The Labute approximate surface area is 62.1 Å². The SMILES string of the molecule is Nc1cnc(C(=O)O)c(O)c1. The molecule has 0 aromatic carbocycles. The van der Waals surface area contributed by atoms with Gasteiger partial charge < -0.3 is 15.9 Å². The molecular formula is C6H6N2O3. The number of pyridine rings is 1. The van der Waals surface area contributed by atoms with Crippen molar-refractivity contribution in [1.29, 1.82) is 0 Å². The first-order valence-electron chi connectivity index (χ1n) is 2.79. The summed E-state index contributed by atoms with van der Waals surface area (Å²) < 4.78 is 0. The van der Waals surface area contributed by atoms with E-state index >= 15 is 0 Å². The Balaban J connectivity index is 3.20. The maximum Gasteiger partial charge on any atom is 0.358 e. The second-order valence-corrected chi connectivity index (χ2v) is 1.94. The van der Waals surface area contributed by atoms with Crippen molar-refractivity contribution in [2.45, 2.75) is 0 Å². The van der Waals surface area contributed by atoms with Crippen LogP contribution >= 0.6 is 0 Å². The van der Waals surface area contributed by atoms with Gasteiger partial charge in [-0.1, -0.05) is 0 Å². The van der Waals surface area contributed by atoms with Gasteiger partial charge in [0.1, 0.15) is 0 Å². The van der Waals surface area contributed by atoms with Crippen LogP contribution in [0.1, 0.15) is 10.5 Å². The van der Waals surface area contributed by atoms with Crippen molar-refractivity contribution >= 4 is 11.7 Å². The fourth-order valence-corrected chi connectivity index (χ4v) is 0.633. The molecule has 0 radical (unpaired) electrons. The average molecular weight is 154 g/mol. The highest BCUT2D eigenvalue weighted by molar-refractivity contribution is 5.88. The van der Waals surface area contributed by atoms with Gasteiger partial charge in [-0.2, -0.15) is 0 Å². The number of aromatic hydroxyl groups is 1. The van der Waals surface area contributed by atoms with Gasteiger partial charge >= 0.3 is 5.97 Å². The van der Waals surface area contributed by atoms with Gasteiger partial charge in [0.2, 0.25) is 0 Å². The van der Waals surface area contributed by atoms with Crippen molar-refractivity contribution in [2.75, 3.05) is 5.73 Å². The molecule has 0 bridgehead atoms. The number of carboxylic acids is 1. The van der Waals surface area contributed by atoms with Crippen LogP contribution in [-0.2, 0) is 0 Å². The summed E-state index contributed by atoms with van der Waals surface area (Å²) >= 11 is 0. The summed E-state index contributed by atoms with van der Waals surface area (Å²) in [6.07, 6.45) is 1.17. The maximum atomic E-state index is 10.3. The van der Waals surface area contributed by atoms with Crippen molar-refractivity contribution in [1.82, 2.24) is 4.98 Å². The summed E-state index contributed by atoms with van der Waals surface area (Å²) in [5.74, 6) is -1.69. The van der Waals surface area contributed by atoms with Crippen molar-refractivity contribution in [2.24, 2.45) is 0 Å². The Morgan fingerprint density at radius 3 is 2.73 bits per heavy atom. The number of anilines is 1. The van der Waals surface area contributed by atoms with Crippen LogP contribution in [0, 0.1) is 0 Å². The summed E-state index contributed by atoms with van der Waals surface area (Å²) in [4.78, 5) is 13.7. The van der Waals surface area contributed by atoms with Gasteiger partial charge in [0.15, 0.2) is 11.4 Å². The molecule has 0 atom stereocenters. The maximum absolute atomic E-state index is 10.3. The van der Waals surface area contributed by atoms with Crippen molar-refractivity contribution in [3.63, 3.8) is 0 Å². The number of hydrogen-bond donors (Lipinski definition) is 3. The van der Waals surface area contributed by atoms with Crippen LogP contribution < -0.4 is 5.73 Å². The molecule has 5 nitrogen and oxygen atoms in total. The number of aromatic nitrogens is 1. The normalized spacial score (nSPS) is 9.45. The first-order valence-corrected chi connectivity index (χ1v) is 2.79. The fourth-order valence-electron chi connectivity index (χ4n) is 0.633. The molecule has 0 aliphatic rings. The number of hydrogen-bond acceptors (Lipinski definition) is 4. The highest BCUT2D eigenvalue weighted by Gasteiger charge is 2.09. The monoisotopic (exact) mass is 154 g/mol. The van der Waals surface area contributed by atoms with E-state index in [9.17, 15) is 4.79 Å². The fraction of sp³-hybridized carbons (Fsp3) is 0. The van der Waals surface area contributed by atoms with E-state index in [4.69, 9.17) is 15.9 Å². The first-order chi connectivity index (χ1) is 5.11. The summed E-state index contributed by atoms with van der Waals surface area (Å²) in [5.41, 5.74) is 5.05. The molecule has 0 unspecified atom stereocenters. The van der Waals surface area contributed by atoms with E-state index in [1.165, 1.54) is 6.20 Å². The lowest BCUT2D eigenvalue weighted by Crippen LogP contribution is -2.01. The van der Waals surface area contributed by atoms with Crippen molar-refractivity contribution in [3.8, 4) is 5.75 Å². The molecule has 0 fully saturated rings. The second-order valence-electron chi connectivity index (χ2n) is 1.94. The van der Waals surface area contributed by atoms with Gasteiger partial charge in [0.25, 0.3) is 0 Å². The number of aromatic carboxylic acids is 1. The topological polar surface area (TPSA) is 96.4 Å². The zero-order valence-corrected chi connectivity index (χ0v) is 5.48. The van der Waals surface area contributed by atoms with E-state index in [1.54, 1.807) is 0 Å². The van der Waals surface area contributed by atoms with E-state index in [1.807, 2.05) is 0 Å². The lowest BCUT2D eigenvalue weighted by Gasteiger charge is -1.97. The molecule has 11 heavy (non-hydrogen) atoms. The minimum atomic E-state index is -1.28. The molecule has 0 spiro atoms. The molecule has 0 saturated heterocycles. The predicted octanol–water partition coefficient (Wildman–Crippen LogP) is 0.0676. The molecular weight excluding hydrogens is 148 g/mol. The summed E-state index contributed by atoms with van der Waals surface area (Å²) in [6, 6.07) is 1.14. The Hall–Kier alpha value is -1.78. The molecule has 1 heterocycles. The molecule has 1 aromatic rings. The van der Waals surface area contributed by atoms with E-state index in [0.717, 1.165) is 6.07 Å². The van der Waals surface area contributed by atoms with E-state index in [2.05, 4.69) is 4.98 Å². The molecule has 4 N–H and O–H groups in total. The molecule has 1 rings (SSSR count). The number of carbonyl (C=O) groups is 1. The van der Waals surface area contributed by atoms with Gasteiger partial charge in [-0.25, -0.2) is 9.78 Å². The zero-order chi connectivity index (χ0) is 8.43. The Morgan fingerprint density at radius 2 is 2.27 bits per heavy atom. The van der Waals surface area contributed by atoms with Crippen LogP contribution in [0.2, 0.25) is 0 Å².